The molecule has 6 nitrogen and oxygen atoms in total. The lowest BCUT2D eigenvalue weighted by molar-refractivity contribution is 0.577. The largest absolute Gasteiger partial charge is 0.461 e. The van der Waals surface area contributed by atoms with E-state index in [-0.39, 0.29) is 0 Å². The molecule has 3 heterocycles. The van der Waals surface area contributed by atoms with Gasteiger partial charge in [-0.25, -0.2) is 4.98 Å². The third kappa shape index (κ3) is 2.85. The van der Waals surface area contributed by atoms with Crippen LogP contribution in [0.5, 0.6) is 0 Å². The van der Waals surface area contributed by atoms with E-state index in [2.05, 4.69) is 20.4 Å². The van der Waals surface area contributed by atoms with Crippen LogP contribution in [0, 0.1) is 13.8 Å². The lowest BCUT2D eigenvalue weighted by atomic mass is 10.2. The summed E-state index contributed by atoms with van der Waals surface area (Å²) in [7, 11) is 0. The summed E-state index contributed by atoms with van der Waals surface area (Å²) in [6.07, 6.45) is 1.60. The highest BCUT2D eigenvalue weighted by Crippen LogP contribution is 2.23. The van der Waals surface area contributed by atoms with E-state index in [9.17, 15) is 0 Å². The Morgan fingerprint density at radius 2 is 1.96 bits per heavy atom. The average molecular weight is 354 g/mol. The number of aromatic nitrogens is 4. The Morgan fingerprint density at radius 1 is 1.12 bits per heavy atom. The van der Waals surface area contributed by atoms with Crippen molar-refractivity contribution >= 4 is 23.2 Å². The van der Waals surface area contributed by atoms with Crippen molar-refractivity contribution in [3.8, 4) is 11.6 Å². The van der Waals surface area contributed by atoms with Crippen molar-refractivity contribution < 1.29 is 4.42 Å². The normalized spacial score (nSPS) is 11.2. The van der Waals surface area contributed by atoms with E-state index in [4.69, 9.17) is 16.0 Å². The summed E-state index contributed by atoms with van der Waals surface area (Å²) >= 11 is 6.25. The predicted molar refractivity (Wildman–Crippen MR) is 96.7 cm³/mol. The van der Waals surface area contributed by atoms with Gasteiger partial charge < -0.3 is 9.73 Å². The maximum atomic E-state index is 6.25. The third-order valence-electron chi connectivity index (χ3n) is 4.11. The van der Waals surface area contributed by atoms with Crippen LogP contribution in [0.25, 0.3) is 17.4 Å². The second-order valence-electron chi connectivity index (χ2n) is 5.74. The minimum absolute atomic E-state index is 0.503. The van der Waals surface area contributed by atoms with Crippen molar-refractivity contribution in [1.29, 1.82) is 0 Å². The summed E-state index contributed by atoms with van der Waals surface area (Å²) < 4.78 is 7.10. The standard InChI is InChI=1S/C18H16ClN5O/c1-11-12(2)21-18-22-16(15-8-5-9-25-15)23-24(18)17(11)20-10-13-6-3-4-7-14(13)19/h3-9,20H,10H2,1-2H3. The number of fused-ring (bicyclic) bond motifs is 1. The summed E-state index contributed by atoms with van der Waals surface area (Å²) in [4.78, 5) is 8.99. The van der Waals surface area contributed by atoms with Crippen LogP contribution in [-0.4, -0.2) is 19.6 Å². The number of anilines is 1. The molecule has 7 heteroatoms. The van der Waals surface area contributed by atoms with E-state index >= 15 is 0 Å². The molecule has 0 bridgehead atoms. The molecule has 0 fully saturated rings. The first-order chi connectivity index (χ1) is 12.1. The Balaban J connectivity index is 1.76. The molecule has 0 saturated heterocycles. The van der Waals surface area contributed by atoms with Gasteiger partial charge in [0.25, 0.3) is 5.78 Å². The number of halogens is 1. The van der Waals surface area contributed by atoms with E-state index in [1.54, 1.807) is 10.8 Å². The van der Waals surface area contributed by atoms with Crippen LogP contribution >= 0.6 is 11.6 Å². The first kappa shape index (κ1) is 15.7. The van der Waals surface area contributed by atoms with Crippen LogP contribution in [0.2, 0.25) is 5.02 Å². The molecule has 0 unspecified atom stereocenters. The maximum absolute atomic E-state index is 6.25. The summed E-state index contributed by atoms with van der Waals surface area (Å²) in [6, 6.07) is 11.4. The van der Waals surface area contributed by atoms with Crippen LogP contribution in [0.4, 0.5) is 5.82 Å². The fraction of sp³-hybridized carbons (Fsp3) is 0.167. The Morgan fingerprint density at radius 3 is 2.72 bits per heavy atom. The molecule has 0 aliphatic carbocycles. The summed E-state index contributed by atoms with van der Waals surface area (Å²) in [6.45, 7) is 4.54. The van der Waals surface area contributed by atoms with Gasteiger partial charge in [0.15, 0.2) is 5.76 Å². The fourth-order valence-electron chi connectivity index (χ4n) is 2.63. The minimum atomic E-state index is 0.503. The molecule has 3 aromatic heterocycles. The molecular weight excluding hydrogens is 338 g/mol. The Bertz CT molecular complexity index is 1040. The lowest BCUT2D eigenvalue weighted by Crippen LogP contribution is -2.10. The van der Waals surface area contributed by atoms with Crippen LogP contribution in [-0.2, 0) is 6.54 Å². The lowest BCUT2D eigenvalue weighted by Gasteiger charge is -2.13. The Hall–Kier alpha value is -2.86. The molecule has 0 saturated carbocycles. The second kappa shape index (κ2) is 6.22. The van der Waals surface area contributed by atoms with Crippen molar-refractivity contribution in [3.05, 3.63) is 64.5 Å². The van der Waals surface area contributed by atoms with Gasteiger partial charge in [0.2, 0.25) is 5.82 Å². The van der Waals surface area contributed by atoms with Gasteiger partial charge in [0, 0.05) is 22.8 Å². The number of nitrogens with one attached hydrogen (secondary N) is 1. The van der Waals surface area contributed by atoms with Gasteiger partial charge in [-0.2, -0.15) is 9.50 Å². The fourth-order valence-corrected chi connectivity index (χ4v) is 2.83. The smallest absolute Gasteiger partial charge is 0.255 e. The highest BCUT2D eigenvalue weighted by atomic mass is 35.5. The number of furan rings is 1. The van der Waals surface area contributed by atoms with Gasteiger partial charge >= 0.3 is 0 Å². The molecular formula is C18H16ClN5O. The van der Waals surface area contributed by atoms with E-state index < -0.39 is 0 Å². The Kier molecular flexibility index (Phi) is 3.89. The van der Waals surface area contributed by atoms with E-state index in [0.717, 1.165) is 27.7 Å². The first-order valence-corrected chi connectivity index (χ1v) is 8.26. The van der Waals surface area contributed by atoms with Crippen LogP contribution < -0.4 is 5.32 Å². The molecule has 4 rings (SSSR count). The molecule has 25 heavy (non-hydrogen) atoms. The third-order valence-corrected chi connectivity index (χ3v) is 4.48. The maximum Gasteiger partial charge on any atom is 0.255 e. The van der Waals surface area contributed by atoms with Crippen LogP contribution in [0.1, 0.15) is 16.8 Å². The quantitative estimate of drug-likeness (QED) is 0.593. The van der Waals surface area contributed by atoms with Gasteiger partial charge in [-0.15, -0.1) is 5.10 Å². The zero-order valence-corrected chi connectivity index (χ0v) is 14.6. The number of hydrogen-bond acceptors (Lipinski definition) is 5. The molecule has 4 aromatic rings. The van der Waals surface area contributed by atoms with Gasteiger partial charge in [-0.05, 0) is 37.6 Å². The van der Waals surface area contributed by atoms with Crippen LogP contribution in [0.15, 0.2) is 47.1 Å². The van der Waals surface area contributed by atoms with Crippen molar-refractivity contribution in [2.24, 2.45) is 0 Å². The molecule has 0 aliphatic rings. The molecule has 1 aromatic carbocycles. The van der Waals surface area contributed by atoms with E-state index in [1.165, 1.54) is 0 Å². The van der Waals surface area contributed by atoms with Gasteiger partial charge in [-0.3, -0.25) is 0 Å². The highest BCUT2D eigenvalue weighted by Gasteiger charge is 2.16. The van der Waals surface area contributed by atoms with Crippen molar-refractivity contribution in [2.75, 3.05) is 5.32 Å². The Labute approximate surface area is 149 Å². The molecule has 0 aliphatic heterocycles. The zero-order valence-electron chi connectivity index (χ0n) is 13.8. The number of hydrogen-bond donors (Lipinski definition) is 1. The van der Waals surface area contributed by atoms with Crippen molar-refractivity contribution in [2.45, 2.75) is 20.4 Å². The SMILES string of the molecule is Cc1nc2nc(-c3ccco3)nn2c(NCc2ccccc2Cl)c1C. The number of nitrogens with zero attached hydrogens (tertiary/aromatic N) is 4. The summed E-state index contributed by atoms with van der Waals surface area (Å²) in [5.74, 6) is 2.48. The minimum Gasteiger partial charge on any atom is -0.461 e. The number of rotatable bonds is 4. The molecule has 126 valence electrons. The topological polar surface area (TPSA) is 68.2 Å². The monoisotopic (exact) mass is 353 g/mol. The summed E-state index contributed by atoms with van der Waals surface area (Å²) in [5, 5.41) is 8.69. The van der Waals surface area contributed by atoms with Gasteiger partial charge in [-0.1, -0.05) is 29.8 Å². The zero-order chi connectivity index (χ0) is 17.4. The van der Waals surface area contributed by atoms with E-state index in [1.807, 2.05) is 50.2 Å². The van der Waals surface area contributed by atoms with Gasteiger partial charge in [0.05, 0.1) is 6.26 Å². The average Bonchev–Trinajstić information content (AvgIpc) is 3.26. The van der Waals surface area contributed by atoms with Crippen LogP contribution in [0.3, 0.4) is 0 Å². The summed E-state index contributed by atoms with van der Waals surface area (Å²) in [5.41, 5.74) is 2.92. The number of benzene rings is 1. The molecule has 0 spiro atoms. The highest BCUT2D eigenvalue weighted by molar-refractivity contribution is 6.31. The molecule has 0 atom stereocenters. The van der Waals surface area contributed by atoms with Gasteiger partial charge in [0.1, 0.15) is 5.82 Å². The predicted octanol–water partition coefficient (Wildman–Crippen LogP) is 4.27. The molecule has 0 amide bonds. The van der Waals surface area contributed by atoms with Crippen molar-refractivity contribution in [1.82, 2.24) is 19.6 Å². The molecule has 0 radical (unpaired) electrons. The van der Waals surface area contributed by atoms with Crippen molar-refractivity contribution in [3.63, 3.8) is 0 Å². The number of aryl methyl sites for hydroxylation is 1. The second-order valence-corrected chi connectivity index (χ2v) is 6.15. The van der Waals surface area contributed by atoms with E-state index in [0.29, 0.717) is 23.9 Å². The first-order valence-electron chi connectivity index (χ1n) is 7.88. The molecule has 1 N–H and O–H groups in total.